The molecule has 170 valence electrons. The van der Waals surface area contributed by atoms with E-state index in [4.69, 9.17) is 15.9 Å². The van der Waals surface area contributed by atoms with Crippen LogP contribution in [0.5, 0.6) is 11.5 Å². The standard InChI is InChI=1S/C27H27FN2O3/c1-4-17-30(18-20-5-11-23(28)12-6-20)19-26(31)29-27(21-7-13-24(32-2)14-8-21)22-9-15-25(33-3)16-10-22/h1,5-16,27H,17-19H2,2-3H3,(H,29,31). The SMILES string of the molecule is C#CCN(CC(=O)NC(c1ccc(OC)cc1)c1ccc(OC)cc1)Cc1ccc(F)cc1. The second kappa shape index (κ2) is 11.7. The van der Waals surface area contributed by atoms with Gasteiger partial charge >= 0.3 is 0 Å². The van der Waals surface area contributed by atoms with Crippen LogP contribution in [-0.2, 0) is 11.3 Å². The number of rotatable bonds is 10. The third-order valence-corrected chi connectivity index (χ3v) is 5.21. The van der Waals surface area contributed by atoms with E-state index in [1.807, 2.05) is 53.4 Å². The third kappa shape index (κ3) is 6.83. The zero-order chi connectivity index (χ0) is 23.6. The molecule has 5 nitrogen and oxygen atoms in total. The van der Waals surface area contributed by atoms with Gasteiger partial charge in [-0.1, -0.05) is 42.3 Å². The number of hydrogen-bond acceptors (Lipinski definition) is 4. The van der Waals surface area contributed by atoms with Crippen molar-refractivity contribution in [3.05, 3.63) is 95.3 Å². The lowest BCUT2D eigenvalue weighted by molar-refractivity contribution is -0.122. The third-order valence-electron chi connectivity index (χ3n) is 5.21. The number of amides is 1. The van der Waals surface area contributed by atoms with Crippen LogP contribution >= 0.6 is 0 Å². The molecule has 6 heteroatoms. The predicted molar refractivity (Wildman–Crippen MR) is 126 cm³/mol. The minimum absolute atomic E-state index is 0.102. The number of methoxy groups -OCH3 is 2. The van der Waals surface area contributed by atoms with E-state index in [9.17, 15) is 9.18 Å². The van der Waals surface area contributed by atoms with Gasteiger partial charge in [-0.3, -0.25) is 9.69 Å². The summed E-state index contributed by atoms with van der Waals surface area (Å²) < 4.78 is 23.7. The van der Waals surface area contributed by atoms with Crippen LogP contribution in [0.4, 0.5) is 4.39 Å². The van der Waals surface area contributed by atoms with Gasteiger partial charge in [-0.2, -0.15) is 0 Å². The van der Waals surface area contributed by atoms with E-state index in [2.05, 4.69) is 11.2 Å². The molecule has 3 aromatic carbocycles. The number of ether oxygens (including phenoxy) is 2. The average Bonchev–Trinajstić information content (AvgIpc) is 2.84. The fourth-order valence-corrected chi connectivity index (χ4v) is 3.51. The van der Waals surface area contributed by atoms with Crippen LogP contribution in [0.1, 0.15) is 22.7 Å². The first-order valence-corrected chi connectivity index (χ1v) is 10.5. The monoisotopic (exact) mass is 446 g/mol. The van der Waals surface area contributed by atoms with Gasteiger partial charge in [0.05, 0.1) is 33.4 Å². The summed E-state index contributed by atoms with van der Waals surface area (Å²) in [5.41, 5.74) is 2.70. The summed E-state index contributed by atoms with van der Waals surface area (Å²) in [6.07, 6.45) is 5.51. The van der Waals surface area contributed by atoms with Crippen molar-refractivity contribution in [3.63, 3.8) is 0 Å². The number of nitrogens with one attached hydrogen (secondary N) is 1. The molecule has 0 aliphatic rings. The molecular formula is C27H27FN2O3. The highest BCUT2D eigenvalue weighted by Gasteiger charge is 2.19. The molecule has 1 amide bonds. The molecule has 0 unspecified atom stereocenters. The van der Waals surface area contributed by atoms with E-state index in [0.29, 0.717) is 13.1 Å². The van der Waals surface area contributed by atoms with Gasteiger partial charge < -0.3 is 14.8 Å². The summed E-state index contributed by atoms with van der Waals surface area (Å²) in [6.45, 7) is 0.832. The molecule has 0 radical (unpaired) electrons. The van der Waals surface area contributed by atoms with Crippen molar-refractivity contribution in [2.24, 2.45) is 0 Å². The first-order valence-electron chi connectivity index (χ1n) is 10.5. The Kier molecular flexibility index (Phi) is 8.45. The number of hydrogen-bond donors (Lipinski definition) is 1. The Morgan fingerprint density at radius 2 is 1.45 bits per heavy atom. The maximum Gasteiger partial charge on any atom is 0.234 e. The van der Waals surface area contributed by atoms with E-state index in [1.165, 1.54) is 12.1 Å². The summed E-state index contributed by atoms with van der Waals surface area (Å²) in [6, 6.07) is 20.9. The average molecular weight is 447 g/mol. The minimum atomic E-state index is -0.368. The number of carbonyl (C=O) groups excluding carboxylic acids is 1. The number of benzene rings is 3. The lowest BCUT2D eigenvalue weighted by atomic mass is 9.98. The normalized spacial score (nSPS) is 10.7. The smallest absolute Gasteiger partial charge is 0.234 e. The van der Waals surface area contributed by atoms with E-state index in [1.54, 1.807) is 26.4 Å². The Labute approximate surface area is 194 Å². The maximum absolute atomic E-state index is 13.2. The highest BCUT2D eigenvalue weighted by molar-refractivity contribution is 5.79. The van der Waals surface area contributed by atoms with Crippen LogP contribution in [0, 0.1) is 18.2 Å². The fraction of sp³-hybridized carbons (Fsp3) is 0.222. The van der Waals surface area contributed by atoms with Crippen molar-refractivity contribution in [3.8, 4) is 23.8 Å². The van der Waals surface area contributed by atoms with Crippen molar-refractivity contribution in [2.75, 3.05) is 27.3 Å². The number of halogens is 1. The van der Waals surface area contributed by atoms with E-state index >= 15 is 0 Å². The van der Waals surface area contributed by atoms with Gasteiger partial charge in [0.2, 0.25) is 5.91 Å². The van der Waals surface area contributed by atoms with Gasteiger partial charge in [-0.15, -0.1) is 6.42 Å². The van der Waals surface area contributed by atoms with Gasteiger partial charge in [-0.05, 0) is 53.1 Å². The predicted octanol–water partition coefficient (Wildman–Crippen LogP) is 4.18. The number of terminal acetylenes is 1. The summed E-state index contributed by atoms with van der Waals surface area (Å²) in [4.78, 5) is 14.9. The van der Waals surface area contributed by atoms with Crippen LogP contribution in [-0.4, -0.2) is 38.1 Å². The van der Waals surface area contributed by atoms with E-state index in [0.717, 1.165) is 28.2 Å². The lowest BCUT2D eigenvalue weighted by Gasteiger charge is -2.24. The minimum Gasteiger partial charge on any atom is -0.497 e. The summed E-state index contributed by atoms with van der Waals surface area (Å²) in [7, 11) is 3.22. The van der Waals surface area contributed by atoms with Crippen molar-refractivity contribution in [1.29, 1.82) is 0 Å². The molecule has 0 heterocycles. The van der Waals surface area contributed by atoms with Crippen LogP contribution in [0.15, 0.2) is 72.8 Å². The number of carbonyl (C=O) groups is 1. The molecule has 0 aromatic heterocycles. The molecular weight excluding hydrogens is 419 g/mol. The van der Waals surface area contributed by atoms with Gasteiger partial charge in [-0.25, -0.2) is 4.39 Å². The van der Waals surface area contributed by atoms with Gasteiger partial charge in [0.1, 0.15) is 17.3 Å². The fourth-order valence-electron chi connectivity index (χ4n) is 3.51. The lowest BCUT2D eigenvalue weighted by Crippen LogP contribution is -2.39. The molecule has 1 N–H and O–H groups in total. The Bertz CT molecular complexity index is 1030. The van der Waals surface area contributed by atoms with E-state index in [-0.39, 0.29) is 24.3 Å². The highest BCUT2D eigenvalue weighted by atomic mass is 19.1. The van der Waals surface area contributed by atoms with Crippen LogP contribution in [0.2, 0.25) is 0 Å². The molecule has 0 saturated carbocycles. The van der Waals surface area contributed by atoms with Crippen LogP contribution in [0.25, 0.3) is 0 Å². The van der Waals surface area contributed by atoms with Gasteiger partial charge in [0.15, 0.2) is 0 Å². The molecule has 0 bridgehead atoms. The Balaban J connectivity index is 1.78. The zero-order valence-corrected chi connectivity index (χ0v) is 18.8. The van der Waals surface area contributed by atoms with E-state index < -0.39 is 0 Å². The second-order valence-corrected chi connectivity index (χ2v) is 7.52. The van der Waals surface area contributed by atoms with Crippen molar-refractivity contribution < 1.29 is 18.7 Å². The summed E-state index contributed by atoms with van der Waals surface area (Å²) in [5, 5.41) is 3.12. The Morgan fingerprint density at radius 3 is 1.91 bits per heavy atom. The van der Waals surface area contributed by atoms with Crippen LogP contribution in [0.3, 0.4) is 0 Å². The first-order chi connectivity index (χ1) is 16.0. The molecule has 0 atom stereocenters. The molecule has 0 aliphatic heterocycles. The maximum atomic E-state index is 13.2. The highest BCUT2D eigenvalue weighted by Crippen LogP contribution is 2.26. The Hall–Kier alpha value is -3.82. The molecule has 0 aliphatic carbocycles. The molecule has 0 spiro atoms. The van der Waals surface area contributed by atoms with Crippen molar-refractivity contribution >= 4 is 5.91 Å². The second-order valence-electron chi connectivity index (χ2n) is 7.52. The topological polar surface area (TPSA) is 50.8 Å². The molecule has 0 saturated heterocycles. The van der Waals surface area contributed by atoms with Crippen LogP contribution < -0.4 is 14.8 Å². The Morgan fingerprint density at radius 1 is 0.939 bits per heavy atom. The zero-order valence-electron chi connectivity index (χ0n) is 18.8. The van der Waals surface area contributed by atoms with Crippen molar-refractivity contribution in [1.82, 2.24) is 10.2 Å². The quantitative estimate of drug-likeness (QED) is 0.475. The van der Waals surface area contributed by atoms with Crippen molar-refractivity contribution in [2.45, 2.75) is 12.6 Å². The molecule has 3 aromatic rings. The molecule has 33 heavy (non-hydrogen) atoms. The number of nitrogens with zero attached hydrogens (tertiary/aromatic N) is 1. The van der Waals surface area contributed by atoms with Gasteiger partial charge in [0.25, 0.3) is 0 Å². The molecule has 0 fully saturated rings. The molecule has 3 rings (SSSR count). The van der Waals surface area contributed by atoms with Gasteiger partial charge in [0, 0.05) is 6.54 Å². The summed E-state index contributed by atoms with van der Waals surface area (Å²) >= 11 is 0. The largest absolute Gasteiger partial charge is 0.497 e. The summed E-state index contributed by atoms with van der Waals surface area (Å²) in [5.74, 6) is 3.58. The first kappa shape index (κ1) is 23.8.